The zero-order valence-electron chi connectivity index (χ0n) is 11.3. The molecule has 0 aliphatic rings. The number of aromatic nitrogens is 1. The van der Waals surface area contributed by atoms with Gasteiger partial charge in [-0.3, -0.25) is 0 Å². The highest BCUT2D eigenvalue weighted by molar-refractivity contribution is 5.95. The van der Waals surface area contributed by atoms with Gasteiger partial charge in [0, 0.05) is 6.20 Å². The van der Waals surface area contributed by atoms with Gasteiger partial charge in [0.1, 0.15) is 16.9 Å². The number of aliphatic carboxylic acids is 1. The van der Waals surface area contributed by atoms with Crippen molar-refractivity contribution in [1.29, 1.82) is 0 Å². The van der Waals surface area contributed by atoms with Gasteiger partial charge in [-0.25, -0.2) is 14.6 Å². The second-order valence-electron chi connectivity index (χ2n) is 4.11. The molecule has 0 aliphatic heterocycles. The molecule has 1 heterocycles. The van der Waals surface area contributed by atoms with Crippen molar-refractivity contribution in [2.45, 2.75) is 32.2 Å². The van der Waals surface area contributed by atoms with Crippen LogP contribution in [0.2, 0.25) is 0 Å². The Labute approximate surface area is 111 Å². The van der Waals surface area contributed by atoms with E-state index in [1.165, 1.54) is 13.3 Å². The SMILES string of the molecule is CCC(CC)(Nc1ncccc1C(=O)OC)C(=O)O. The quantitative estimate of drug-likeness (QED) is 0.765. The third-order valence-electron chi connectivity index (χ3n) is 3.19. The van der Waals surface area contributed by atoms with E-state index in [0.717, 1.165) is 0 Å². The Kier molecular flexibility index (Phi) is 4.86. The number of anilines is 1. The molecule has 19 heavy (non-hydrogen) atoms. The Balaban J connectivity index is 3.17. The zero-order valence-corrected chi connectivity index (χ0v) is 11.3. The van der Waals surface area contributed by atoms with Crippen LogP contribution in [0.25, 0.3) is 0 Å². The molecule has 0 bridgehead atoms. The van der Waals surface area contributed by atoms with Crippen LogP contribution in [0.15, 0.2) is 18.3 Å². The van der Waals surface area contributed by atoms with E-state index >= 15 is 0 Å². The van der Waals surface area contributed by atoms with Crippen LogP contribution in [-0.4, -0.2) is 34.7 Å². The lowest BCUT2D eigenvalue weighted by Gasteiger charge is -2.29. The minimum Gasteiger partial charge on any atom is -0.480 e. The van der Waals surface area contributed by atoms with E-state index in [-0.39, 0.29) is 11.4 Å². The maximum absolute atomic E-state index is 11.6. The summed E-state index contributed by atoms with van der Waals surface area (Å²) >= 11 is 0. The van der Waals surface area contributed by atoms with Gasteiger partial charge in [0.2, 0.25) is 0 Å². The Morgan fingerprint density at radius 1 is 1.42 bits per heavy atom. The minimum atomic E-state index is -1.14. The van der Waals surface area contributed by atoms with Gasteiger partial charge >= 0.3 is 11.9 Å². The van der Waals surface area contributed by atoms with Gasteiger partial charge in [0.15, 0.2) is 0 Å². The molecule has 0 spiro atoms. The van der Waals surface area contributed by atoms with Gasteiger partial charge in [0.25, 0.3) is 0 Å². The molecule has 0 saturated heterocycles. The summed E-state index contributed by atoms with van der Waals surface area (Å²) < 4.78 is 4.65. The van der Waals surface area contributed by atoms with E-state index in [2.05, 4.69) is 15.0 Å². The lowest BCUT2D eigenvalue weighted by molar-refractivity contribution is -0.142. The van der Waals surface area contributed by atoms with Crippen molar-refractivity contribution in [3.8, 4) is 0 Å². The maximum atomic E-state index is 11.6. The number of carbonyl (C=O) groups excluding carboxylic acids is 1. The fourth-order valence-electron chi connectivity index (χ4n) is 1.79. The van der Waals surface area contributed by atoms with Gasteiger partial charge in [-0.1, -0.05) is 13.8 Å². The molecule has 0 saturated carbocycles. The summed E-state index contributed by atoms with van der Waals surface area (Å²) in [4.78, 5) is 27.1. The number of carboxylic acids is 1. The average molecular weight is 266 g/mol. The van der Waals surface area contributed by atoms with Crippen LogP contribution in [0.5, 0.6) is 0 Å². The molecule has 0 radical (unpaired) electrons. The molecule has 0 atom stereocenters. The molecule has 6 heteroatoms. The minimum absolute atomic E-state index is 0.220. The lowest BCUT2D eigenvalue weighted by atomic mass is 9.92. The average Bonchev–Trinajstić information content (AvgIpc) is 2.44. The highest BCUT2D eigenvalue weighted by atomic mass is 16.5. The van der Waals surface area contributed by atoms with E-state index in [4.69, 9.17) is 0 Å². The molecule has 0 amide bonds. The number of pyridine rings is 1. The van der Waals surface area contributed by atoms with Crippen molar-refractivity contribution in [2.24, 2.45) is 0 Å². The van der Waals surface area contributed by atoms with Crippen molar-refractivity contribution >= 4 is 17.8 Å². The largest absolute Gasteiger partial charge is 0.480 e. The first-order chi connectivity index (χ1) is 9.00. The van der Waals surface area contributed by atoms with Crippen molar-refractivity contribution in [3.05, 3.63) is 23.9 Å². The molecule has 0 unspecified atom stereocenters. The molecule has 104 valence electrons. The van der Waals surface area contributed by atoms with E-state index in [1.807, 2.05) is 0 Å². The van der Waals surface area contributed by atoms with Crippen LogP contribution in [-0.2, 0) is 9.53 Å². The molecule has 2 N–H and O–H groups in total. The smallest absolute Gasteiger partial charge is 0.341 e. The molecule has 0 aromatic carbocycles. The number of methoxy groups -OCH3 is 1. The number of carboxylic acid groups (broad SMARTS) is 1. The molecule has 0 aliphatic carbocycles. The van der Waals surface area contributed by atoms with Gasteiger partial charge in [0.05, 0.1) is 7.11 Å². The van der Waals surface area contributed by atoms with E-state index in [1.54, 1.807) is 26.0 Å². The van der Waals surface area contributed by atoms with E-state index in [9.17, 15) is 14.7 Å². The van der Waals surface area contributed by atoms with E-state index < -0.39 is 17.5 Å². The second-order valence-corrected chi connectivity index (χ2v) is 4.11. The fraction of sp³-hybridized carbons (Fsp3) is 0.462. The van der Waals surface area contributed by atoms with Gasteiger partial charge < -0.3 is 15.2 Å². The van der Waals surface area contributed by atoms with Crippen molar-refractivity contribution in [2.75, 3.05) is 12.4 Å². The topological polar surface area (TPSA) is 88.5 Å². The van der Waals surface area contributed by atoms with Crippen molar-refractivity contribution < 1.29 is 19.4 Å². The summed E-state index contributed by atoms with van der Waals surface area (Å²) in [6, 6.07) is 3.14. The van der Waals surface area contributed by atoms with Crippen LogP contribution in [0.4, 0.5) is 5.82 Å². The number of carbonyl (C=O) groups is 2. The first-order valence-electron chi connectivity index (χ1n) is 6.05. The summed E-state index contributed by atoms with van der Waals surface area (Å²) in [6.07, 6.45) is 2.23. The molecule has 1 rings (SSSR count). The summed E-state index contributed by atoms with van der Waals surface area (Å²) in [6.45, 7) is 3.54. The standard InChI is InChI=1S/C13H18N2O4/c1-4-13(5-2,12(17)18)15-10-9(11(16)19-3)7-6-8-14-10/h6-8H,4-5H2,1-3H3,(H,14,15)(H,17,18). The second kappa shape index (κ2) is 6.17. The zero-order chi connectivity index (χ0) is 14.5. The number of nitrogens with one attached hydrogen (secondary N) is 1. The summed E-state index contributed by atoms with van der Waals surface area (Å²) in [5.74, 6) is -1.30. The third-order valence-corrected chi connectivity index (χ3v) is 3.19. The normalized spacial score (nSPS) is 10.9. The van der Waals surface area contributed by atoms with Crippen LogP contribution in [0.1, 0.15) is 37.0 Å². The monoisotopic (exact) mass is 266 g/mol. The van der Waals surface area contributed by atoms with Crippen LogP contribution in [0.3, 0.4) is 0 Å². The van der Waals surface area contributed by atoms with Gasteiger partial charge in [-0.15, -0.1) is 0 Å². The molecule has 6 nitrogen and oxygen atoms in total. The Bertz CT molecular complexity index is 469. The molecule has 1 aromatic heterocycles. The Morgan fingerprint density at radius 3 is 2.53 bits per heavy atom. The number of nitrogens with zero attached hydrogens (tertiary/aromatic N) is 1. The lowest BCUT2D eigenvalue weighted by Crippen LogP contribution is -2.45. The van der Waals surface area contributed by atoms with Gasteiger partial charge in [-0.05, 0) is 25.0 Å². The van der Waals surface area contributed by atoms with Crippen molar-refractivity contribution in [1.82, 2.24) is 4.98 Å². The van der Waals surface area contributed by atoms with Crippen LogP contribution >= 0.6 is 0 Å². The number of hydrogen-bond acceptors (Lipinski definition) is 5. The van der Waals surface area contributed by atoms with Crippen LogP contribution < -0.4 is 5.32 Å². The molecular weight excluding hydrogens is 248 g/mol. The molecular formula is C13H18N2O4. The highest BCUT2D eigenvalue weighted by Gasteiger charge is 2.36. The molecule has 1 aromatic rings. The third kappa shape index (κ3) is 3.01. The number of rotatable bonds is 6. The maximum Gasteiger partial charge on any atom is 0.341 e. The first kappa shape index (κ1) is 14.9. The summed E-state index contributed by atoms with van der Waals surface area (Å²) in [7, 11) is 1.27. The van der Waals surface area contributed by atoms with Crippen LogP contribution in [0, 0.1) is 0 Å². The van der Waals surface area contributed by atoms with Crippen molar-refractivity contribution in [3.63, 3.8) is 0 Å². The molecule has 0 fully saturated rings. The Hall–Kier alpha value is -2.11. The summed E-state index contributed by atoms with van der Waals surface area (Å²) in [5.41, 5.74) is -0.922. The predicted octanol–water partition coefficient (Wildman–Crippen LogP) is 1.92. The van der Waals surface area contributed by atoms with E-state index in [0.29, 0.717) is 12.8 Å². The number of esters is 1. The number of ether oxygens (including phenoxy) is 1. The van der Waals surface area contributed by atoms with Gasteiger partial charge in [-0.2, -0.15) is 0 Å². The highest BCUT2D eigenvalue weighted by Crippen LogP contribution is 2.24. The Morgan fingerprint density at radius 2 is 2.05 bits per heavy atom. The predicted molar refractivity (Wildman–Crippen MR) is 70.1 cm³/mol. The first-order valence-corrected chi connectivity index (χ1v) is 6.05. The summed E-state index contributed by atoms with van der Waals surface area (Å²) in [5, 5.41) is 12.2. The fourth-order valence-corrected chi connectivity index (χ4v) is 1.79. The number of hydrogen-bond donors (Lipinski definition) is 2.